The van der Waals surface area contributed by atoms with Crippen LogP contribution in [0, 0.1) is 0 Å². The lowest BCUT2D eigenvalue weighted by atomic mass is 9.71. The second kappa shape index (κ2) is 6.40. The topological polar surface area (TPSA) is 63.2 Å². The zero-order chi connectivity index (χ0) is 17.2. The van der Waals surface area contributed by atoms with Gasteiger partial charge in [0.25, 0.3) is 5.91 Å². The van der Waals surface area contributed by atoms with E-state index in [-0.39, 0.29) is 17.2 Å². The Balaban J connectivity index is 1.75. The molecule has 126 valence electrons. The lowest BCUT2D eigenvalue weighted by molar-refractivity contribution is 0.0823. The highest BCUT2D eigenvalue weighted by Gasteiger charge is 2.39. The van der Waals surface area contributed by atoms with Gasteiger partial charge in [-0.3, -0.25) is 4.79 Å². The van der Waals surface area contributed by atoms with Crippen molar-refractivity contribution in [3.63, 3.8) is 0 Å². The molecule has 4 nitrogen and oxygen atoms in total. The van der Waals surface area contributed by atoms with E-state index in [1.807, 2.05) is 18.2 Å². The molecule has 0 bridgehead atoms. The van der Waals surface area contributed by atoms with Crippen LogP contribution in [0.5, 0.6) is 0 Å². The van der Waals surface area contributed by atoms with Gasteiger partial charge in [-0.15, -0.1) is 0 Å². The normalized spacial score (nSPS) is 16.2. The minimum absolute atomic E-state index is 0.0111. The Hall–Kier alpha value is -2.14. The summed E-state index contributed by atoms with van der Waals surface area (Å²) in [6.07, 6.45) is 4.18. The van der Waals surface area contributed by atoms with Crippen molar-refractivity contribution < 1.29 is 13.2 Å². The highest BCUT2D eigenvalue weighted by Crippen LogP contribution is 2.41. The molecule has 2 aromatic carbocycles. The maximum absolute atomic E-state index is 12.6. The molecular weight excluding hydrogens is 322 g/mol. The van der Waals surface area contributed by atoms with Crippen molar-refractivity contribution in [2.45, 2.75) is 30.6 Å². The third kappa shape index (κ3) is 3.67. The summed E-state index contributed by atoms with van der Waals surface area (Å²) in [5.41, 5.74) is 2.10. The first kappa shape index (κ1) is 16.7. The van der Waals surface area contributed by atoms with E-state index in [0.29, 0.717) is 11.1 Å². The molecule has 0 unspecified atom stereocenters. The number of rotatable bonds is 5. The summed E-state index contributed by atoms with van der Waals surface area (Å²) in [6, 6.07) is 16.8. The van der Waals surface area contributed by atoms with Gasteiger partial charge < -0.3 is 5.32 Å². The number of hydrogen-bond acceptors (Lipinski definition) is 3. The third-order valence-electron chi connectivity index (χ3n) is 4.53. The summed E-state index contributed by atoms with van der Waals surface area (Å²) in [7, 11) is -3.07. The van der Waals surface area contributed by atoms with Gasteiger partial charge in [0.1, 0.15) is 0 Å². The number of amides is 1. The third-order valence-corrected chi connectivity index (χ3v) is 5.39. The fraction of sp³-hybridized carbons (Fsp3) is 0.316. The van der Waals surface area contributed by atoms with Gasteiger partial charge >= 0.3 is 0 Å². The Morgan fingerprint density at radius 1 is 1.04 bits per heavy atom. The van der Waals surface area contributed by atoms with Gasteiger partial charge in [-0.2, -0.15) is 0 Å². The minimum Gasteiger partial charge on any atom is -0.343 e. The monoisotopic (exact) mass is 343 g/mol. The van der Waals surface area contributed by atoms with Crippen molar-refractivity contribution >= 4 is 15.7 Å². The number of benzene rings is 2. The predicted molar refractivity (Wildman–Crippen MR) is 94.4 cm³/mol. The number of carbonyl (C=O) groups excluding carboxylic acids is 1. The molecular formula is C19H21NO3S. The molecule has 1 saturated carbocycles. The molecule has 0 aromatic heterocycles. The maximum atomic E-state index is 12.6. The predicted octanol–water partition coefficient (Wildman–Crippen LogP) is 3.04. The lowest BCUT2D eigenvalue weighted by Gasteiger charge is -2.43. The summed E-state index contributed by atoms with van der Waals surface area (Å²) in [6.45, 7) is 0. The molecule has 1 aliphatic rings. The molecule has 0 saturated heterocycles. The highest BCUT2D eigenvalue weighted by molar-refractivity contribution is 7.89. The molecule has 0 atom stereocenters. The molecule has 2 aromatic rings. The smallest absolute Gasteiger partial charge is 0.251 e. The number of nitrogens with one attached hydrogen (secondary N) is 1. The Labute approximate surface area is 142 Å². The van der Waals surface area contributed by atoms with Crippen LogP contribution in [0.4, 0.5) is 0 Å². The second-order valence-electron chi connectivity index (χ2n) is 6.52. The van der Waals surface area contributed by atoms with Crippen molar-refractivity contribution in [1.29, 1.82) is 0 Å². The standard InChI is InChI=1S/C19H21NO3S/c1-24(22,23)14-15-8-10-16(11-9-15)18(21)20-19(12-5-13-19)17-6-3-2-4-7-17/h2-4,6-11H,5,12-14H2,1H3,(H,20,21). The molecule has 0 aliphatic heterocycles. The summed E-state index contributed by atoms with van der Waals surface area (Å²) >= 11 is 0. The average molecular weight is 343 g/mol. The molecule has 24 heavy (non-hydrogen) atoms. The fourth-order valence-corrected chi connectivity index (χ4v) is 3.92. The lowest BCUT2D eigenvalue weighted by Crippen LogP contribution is -2.50. The van der Waals surface area contributed by atoms with Gasteiger partial charge in [-0.1, -0.05) is 42.5 Å². The average Bonchev–Trinajstić information content (AvgIpc) is 2.51. The van der Waals surface area contributed by atoms with E-state index in [4.69, 9.17) is 0 Å². The van der Waals surface area contributed by atoms with Crippen molar-refractivity contribution in [2.75, 3.05) is 6.26 Å². The van der Waals surface area contributed by atoms with Crippen molar-refractivity contribution in [2.24, 2.45) is 0 Å². The summed E-state index contributed by atoms with van der Waals surface area (Å²) < 4.78 is 22.7. The maximum Gasteiger partial charge on any atom is 0.251 e. The Morgan fingerprint density at radius 2 is 1.67 bits per heavy atom. The quantitative estimate of drug-likeness (QED) is 0.907. The largest absolute Gasteiger partial charge is 0.343 e. The second-order valence-corrected chi connectivity index (χ2v) is 8.66. The van der Waals surface area contributed by atoms with Crippen LogP contribution in [0.3, 0.4) is 0 Å². The van der Waals surface area contributed by atoms with E-state index >= 15 is 0 Å². The first-order valence-corrected chi connectivity index (χ1v) is 10.1. The van der Waals surface area contributed by atoms with Crippen molar-refractivity contribution in [3.05, 3.63) is 71.3 Å². The van der Waals surface area contributed by atoms with Gasteiger partial charge in [0, 0.05) is 11.8 Å². The number of carbonyl (C=O) groups is 1. The SMILES string of the molecule is CS(=O)(=O)Cc1ccc(C(=O)NC2(c3ccccc3)CCC2)cc1. The first-order chi connectivity index (χ1) is 11.4. The van der Waals surface area contributed by atoms with Crippen LogP contribution in [0.15, 0.2) is 54.6 Å². The van der Waals surface area contributed by atoms with E-state index < -0.39 is 9.84 Å². The molecule has 3 rings (SSSR count). The molecule has 0 heterocycles. The summed E-state index contributed by atoms with van der Waals surface area (Å²) in [5.74, 6) is -0.132. The molecule has 1 N–H and O–H groups in total. The van der Waals surface area contributed by atoms with E-state index in [2.05, 4.69) is 17.4 Å². The van der Waals surface area contributed by atoms with Gasteiger partial charge in [0.05, 0.1) is 11.3 Å². The van der Waals surface area contributed by atoms with E-state index in [9.17, 15) is 13.2 Å². The van der Waals surface area contributed by atoms with Crippen LogP contribution >= 0.6 is 0 Å². The van der Waals surface area contributed by atoms with E-state index in [1.165, 1.54) is 6.26 Å². The molecule has 5 heteroatoms. The van der Waals surface area contributed by atoms with Gasteiger partial charge in [0.15, 0.2) is 9.84 Å². The van der Waals surface area contributed by atoms with E-state index in [0.717, 1.165) is 24.8 Å². The molecule has 1 amide bonds. The van der Waals surface area contributed by atoms with Gasteiger partial charge in [-0.05, 0) is 42.5 Å². The highest BCUT2D eigenvalue weighted by atomic mass is 32.2. The van der Waals surface area contributed by atoms with Gasteiger partial charge in [0.2, 0.25) is 0 Å². The first-order valence-electron chi connectivity index (χ1n) is 8.03. The zero-order valence-electron chi connectivity index (χ0n) is 13.7. The zero-order valence-corrected chi connectivity index (χ0v) is 14.5. The van der Waals surface area contributed by atoms with Crippen molar-refractivity contribution in [3.8, 4) is 0 Å². The van der Waals surface area contributed by atoms with E-state index in [1.54, 1.807) is 24.3 Å². The molecule has 0 radical (unpaired) electrons. The van der Waals surface area contributed by atoms with Gasteiger partial charge in [-0.25, -0.2) is 8.42 Å². The Kier molecular flexibility index (Phi) is 4.45. The van der Waals surface area contributed by atoms with Crippen LogP contribution in [-0.2, 0) is 21.1 Å². The van der Waals surface area contributed by atoms with Crippen LogP contribution in [0.2, 0.25) is 0 Å². The molecule has 1 aliphatic carbocycles. The molecule has 1 fully saturated rings. The Morgan fingerprint density at radius 3 is 2.17 bits per heavy atom. The summed E-state index contributed by atoms with van der Waals surface area (Å²) in [5, 5.41) is 3.17. The van der Waals surface area contributed by atoms with Crippen LogP contribution in [-0.4, -0.2) is 20.6 Å². The van der Waals surface area contributed by atoms with Crippen LogP contribution in [0.25, 0.3) is 0 Å². The summed E-state index contributed by atoms with van der Waals surface area (Å²) in [4.78, 5) is 12.6. The fourth-order valence-electron chi connectivity index (χ4n) is 3.12. The molecule has 0 spiro atoms. The number of hydrogen-bond donors (Lipinski definition) is 1. The Bertz CT molecular complexity index is 823. The van der Waals surface area contributed by atoms with Crippen LogP contribution in [0.1, 0.15) is 40.7 Å². The van der Waals surface area contributed by atoms with Crippen molar-refractivity contribution in [1.82, 2.24) is 5.32 Å². The van der Waals surface area contributed by atoms with Crippen LogP contribution < -0.4 is 5.32 Å². The number of sulfone groups is 1. The minimum atomic E-state index is -3.07.